The highest BCUT2D eigenvalue weighted by molar-refractivity contribution is 5.95. The van der Waals surface area contributed by atoms with E-state index in [0.29, 0.717) is 19.1 Å². The van der Waals surface area contributed by atoms with E-state index in [4.69, 9.17) is 21.9 Å². The van der Waals surface area contributed by atoms with Crippen molar-refractivity contribution in [2.24, 2.45) is 27.2 Å². The molecule has 0 radical (unpaired) electrons. The van der Waals surface area contributed by atoms with Gasteiger partial charge in [-0.15, -0.1) is 12.4 Å². The molecule has 1 atom stereocenters. The molecule has 0 aliphatic carbocycles. The normalized spacial score (nSPS) is 17.3. The van der Waals surface area contributed by atoms with Crippen LogP contribution < -0.4 is 17.2 Å². The summed E-state index contributed by atoms with van der Waals surface area (Å²) in [5.41, 5.74) is 18.6. The second-order valence-electron chi connectivity index (χ2n) is 8.89. The standard InChI is InChI=1S/C24H44N6O2.ClH/c1-2-3-4-5-6-7-8-9-10-14-19-21(20-15-13-17-30(20)24(27)29-19)22(31)32-18-12-11-16-28-23(25)26;/h19H,2-18H2,1H3,(H2,27,29)(H4,25,26,28);1H. The summed E-state index contributed by atoms with van der Waals surface area (Å²) >= 11 is 0. The number of carbonyl (C=O) groups is 1. The topological polar surface area (TPSA) is 132 Å². The zero-order valence-electron chi connectivity index (χ0n) is 20.4. The Hall–Kier alpha value is -1.96. The molecule has 6 N–H and O–H groups in total. The van der Waals surface area contributed by atoms with Gasteiger partial charge in [0.1, 0.15) is 0 Å². The number of nitrogens with zero attached hydrogens (tertiary/aromatic N) is 3. The van der Waals surface area contributed by atoms with Gasteiger partial charge < -0.3 is 26.8 Å². The van der Waals surface area contributed by atoms with Crippen LogP contribution in [0.4, 0.5) is 0 Å². The fourth-order valence-electron chi connectivity index (χ4n) is 4.47. The van der Waals surface area contributed by atoms with Crippen molar-refractivity contribution in [2.45, 2.75) is 103 Å². The van der Waals surface area contributed by atoms with Crippen molar-refractivity contribution >= 4 is 30.3 Å². The fourth-order valence-corrected chi connectivity index (χ4v) is 4.47. The zero-order chi connectivity index (χ0) is 23.2. The number of aliphatic imine (C=N–C) groups is 2. The summed E-state index contributed by atoms with van der Waals surface area (Å²) in [6, 6.07) is -0.182. The van der Waals surface area contributed by atoms with E-state index in [2.05, 4.69) is 16.9 Å². The first kappa shape index (κ1) is 29.1. The molecule has 2 heterocycles. The van der Waals surface area contributed by atoms with Crippen LogP contribution in [0.5, 0.6) is 0 Å². The van der Waals surface area contributed by atoms with E-state index in [1.165, 1.54) is 51.4 Å². The molecule has 0 amide bonds. The second kappa shape index (κ2) is 16.6. The lowest BCUT2D eigenvalue weighted by molar-refractivity contribution is -0.139. The summed E-state index contributed by atoms with van der Waals surface area (Å²) in [4.78, 5) is 23.6. The number of hydrogen-bond donors (Lipinski definition) is 3. The summed E-state index contributed by atoms with van der Waals surface area (Å²) < 4.78 is 5.61. The van der Waals surface area contributed by atoms with Crippen LogP contribution in [0.2, 0.25) is 0 Å². The van der Waals surface area contributed by atoms with Gasteiger partial charge in [-0.05, 0) is 32.1 Å². The molecule has 1 unspecified atom stereocenters. The van der Waals surface area contributed by atoms with E-state index in [9.17, 15) is 4.79 Å². The second-order valence-corrected chi connectivity index (χ2v) is 8.89. The maximum absolute atomic E-state index is 13.0. The zero-order valence-corrected chi connectivity index (χ0v) is 21.2. The first-order chi connectivity index (χ1) is 15.5. The van der Waals surface area contributed by atoms with Crippen molar-refractivity contribution in [3.05, 3.63) is 11.3 Å². The molecular formula is C24H45ClN6O2. The summed E-state index contributed by atoms with van der Waals surface area (Å²) in [6.45, 7) is 3.98. The molecule has 2 rings (SSSR count). The van der Waals surface area contributed by atoms with Gasteiger partial charge in [0.2, 0.25) is 0 Å². The predicted molar refractivity (Wildman–Crippen MR) is 138 cm³/mol. The van der Waals surface area contributed by atoms with Crippen LogP contribution in [-0.2, 0) is 9.53 Å². The molecule has 0 bridgehead atoms. The fraction of sp³-hybridized carbons (Fsp3) is 0.792. The number of hydrogen-bond acceptors (Lipinski definition) is 6. The number of esters is 1. The van der Waals surface area contributed by atoms with Crippen molar-refractivity contribution in [1.82, 2.24) is 4.90 Å². The third kappa shape index (κ3) is 10.2. The molecule has 2 aliphatic rings. The Balaban J connectivity index is 0.00000544. The van der Waals surface area contributed by atoms with E-state index < -0.39 is 0 Å². The molecular weight excluding hydrogens is 440 g/mol. The van der Waals surface area contributed by atoms with Gasteiger partial charge in [-0.3, -0.25) is 4.99 Å². The van der Waals surface area contributed by atoms with Gasteiger partial charge in [-0.25, -0.2) is 9.79 Å². The summed E-state index contributed by atoms with van der Waals surface area (Å²) in [7, 11) is 0. The Labute approximate surface area is 205 Å². The average molecular weight is 485 g/mol. The number of guanidine groups is 2. The molecule has 0 saturated carbocycles. The molecule has 9 heteroatoms. The molecule has 0 spiro atoms. The number of nitrogens with two attached hydrogens (primary N) is 3. The van der Waals surface area contributed by atoms with Crippen LogP contribution >= 0.6 is 12.4 Å². The van der Waals surface area contributed by atoms with E-state index in [1.807, 2.05) is 4.90 Å². The Bertz CT molecular complexity index is 676. The first-order valence-corrected chi connectivity index (χ1v) is 12.6. The van der Waals surface area contributed by atoms with Gasteiger partial charge in [0.25, 0.3) is 0 Å². The van der Waals surface area contributed by atoms with Crippen molar-refractivity contribution in [3.8, 4) is 0 Å². The Morgan fingerprint density at radius 2 is 1.73 bits per heavy atom. The highest BCUT2D eigenvalue weighted by Gasteiger charge is 2.36. The minimum absolute atomic E-state index is 0. The molecule has 1 fully saturated rings. The molecule has 8 nitrogen and oxygen atoms in total. The van der Waals surface area contributed by atoms with Crippen molar-refractivity contribution in [2.75, 3.05) is 19.7 Å². The summed E-state index contributed by atoms with van der Waals surface area (Å²) in [5.74, 6) is 0.394. The van der Waals surface area contributed by atoms with Crippen molar-refractivity contribution < 1.29 is 9.53 Å². The lowest BCUT2D eigenvalue weighted by Crippen LogP contribution is -2.41. The van der Waals surface area contributed by atoms with Crippen LogP contribution in [0.3, 0.4) is 0 Å². The number of allylic oxidation sites excluding steroid dienone is 1. The third-order valence-corrected chi connectivity index (χ3v) is 6.21. The highest BCUT2D eigenvalue weighted by atomic mass is 35.5. The number of carbonyl (C=O) groups excluding carboxylic acids is 1. The lowest BCUT2D eigenvalue weighted by Gasteiger charge is -2.30. The van der Waals surface area contributed by atoms with Gasteiger partial charge in [0.05, 0.1) is 18.2 Å². The van der Waals surface area contributed by atoms with Gasteiger partial charge in [-0.1, -0.05) is 64.7 Å². The Morgan fingerprint density at radius 3 is 2.39 bits per heavy atom. The lowest BCUT2D eigenvalue weighted by atomic mass is 9.96. The predicted octanol–water partition coefficient (Wildman–Crippen LogP) is 3.97. The molecule has 33 heavy (non-hydrogen) atoms. The monoisotopic (exact) mass is 484 g/mol. The van der Waals surface area contributed by atoms with Crippen molar-refractivity contribution in [1.29, 1.82) is 0 Å². The van der Waals surface area contributed by atoms with Crippen LogP contribution in [0.15, 0.2) is 21.3 Å². The Kier molecular flexibility index (Phi) is 14.6. The van der Waals surface area contributed by atoms with Crippen LogP contribution in [0, 0.1) is 0 Å². The SMILES string of the molecule is CCCCCCCCCCCC1N=C(N)N2CCCC2=C1C(=O)OCCCCN=C(N)N.Cl. The largest absolute Gasteiger partial charge is 0.462 e. The third-order valence-electron chi connectivity index (χ3n) is 6.21. The molecule has 0 aromatic heterocycles. The van der Waals surface area contributed by atoms with E-state index in [-0.39, 0.29) is 30.4 Å². The highest BCUT2D eigenvalue weighted by Crippen LogP contribution is 2.33. The van der Waals surface area contributed by atoms with Gasteiger partial charge in [0.15, 0.2) is 11.9 Å². The number of halogens is 1. The Morgan fingerprint density at radius 1 is 1.06 bits per heavy atom. The van der Waals surface area contributed by atoms with Gasteiger partial charge >= 0.3 is 5.97 Å². The molecule has 0 aromatic carbocycles. The minimum atomic E-state index is -0.245. The molecule has 0 aromatic rings. The van der Waals surface area contributed by atoms with Crippen LogP contribution in [0.1, 0.15) is 96.8 Å². The maximum atomic E-state index is 13.0. The van der Waals surface area contributed by atoms with Gasteiger partial charge in [0, 0.05) is 18.8 Å². The average Bonchev–Trinajstić information content (AvgIpc) is 3.25. The maximum Gasteiger partial charge on any atom is 0.337 e. The number of ether oxygens (including phenoxy) is 1. The molecule has 190 valence electrons. The summed E-state index contributed by atoms with van der Waals surface area (Å²) in [6.07, 6.45) is 15.6. The van der Waals surface area contributed by atoms with E-state index in [0.717, 1.165) is 56.3 Å². The van der Waals surface area contributed by atoms with Crippen LogP contribution in [-0.4, -0.2) is 48.5 Å². The van der Waals surface area contributed by atoms with E-state index >= 15 is 0 Å². The minimum Gasteiger partial charge on any atom is -0.462 e. The van der Waals surface area contributed by atoms with Gasteiger partial charge in [-0.2, -0.15) is 0 Å². The quantitative estimate of drug-likeness (QED) is 0.131. The number of fused-ring (bicyclic) bond motifs is 1. The summed E-state index contributed by atoms with van der Waals surface area (Å²) in [5, 5.41) is 0. The molecule has 2 aliphatic heterocycles. The van der Waals surface area contributed by atoms with E-state index in [1.54, 1.807) is 0 Å². The van der Waals surface area contributed by atoms with Crippen LogP contribution in [0.25, 0.3) is 0 Å². The molecule has 1 saturated heterocycles. The number of rotatable bonds is 16. The van der Waals surface area contributed by atoms with Crippen molar-refractivity contribution in [3.63, 3.8) is 0 Å². The first-order valence-electron chi connectivity index (χ1n) is 12.6. The smallest absolute Gasteiger partial charge is 0.337 e. The number of unbranched alkanes of at least 4 members (excludes halogenated alkanes) is 9.